The number of hydrogen-bond donors (Lipinski definition) is 1. The maximum Gasteiger partial charge on any atom is 3.00 e. The van der Waals surface area contributed by atoms with E-state index in [1.54, 1.807) is 27.8 Å². The smallest absolute Gasteiger partial charge is 1.00 e. The zero-order chi connectivity index (χ0) is 18.3. The number of rotatable bonds is 6. The van der Waals surface area contributed by atoms with E-state index in [4.69, 9.17) is 29.6 Å². The van der Waals surface area contributed by atoms with E-state index in [0.29, 0.717) is 6.42 Å². The number of halogens is 2. The predicted octanol–water partition coefficient (Wildman–Crippen LogP) is -4.18. The zero-order valence-electron chi connectivity index (χ0n) is 15.4. The Morgan fingerprint density at radius 3 is 2.19 bits per heavy atom. The van der Waals surface area contributed by atoms with Gasteiger partial charge < -0.3 is 73.8 Å². The molecule has 0 aliphatic carbocycles. The van der Waals surface area contributed by atoms with Gasteiger partial charge in [-0.1, -0.05) is 34.7 Å². The van der Waals surface area contributed by atoms with E-state index in [1.807, 2.05) is 30.3 Å². The molecule has 1 aromatic rings. The van der Waals surface area contributed by atoms with Crippen LogP contribution in [0.5, 0.6) is 0 Å². The zero-order valence-corrected chi connectivity index (χ0v) is 22.4. The summed E-state index contributed by atoms with van der Waals surface area (Å²) in [5.41, 5.74) is 0.302. The van der Waals surface area contributed by atoms with Gasteiger partial charge in [-0.2, -0.15) is 0 Å². The Labute approximate surface area is 208 Å². The molecule has 1 rings (SSSR count). The van der Waals surface area contributed by atoms with Crippen molar-refractivity contribution in [3.63, 3.8) is 0 Å². The summed E-state index contributed by atoms with van der Waals surface area (Å²) in [7, 11) is 1.63. The van der Waals surface area contributed by atoms with Crippen LogP contribution in [-0.4, -0.2) is 46.3 Å². The molecular weight excluding hydrogens is 701 g/mol. The molecule has 0 bridgehead atoms. The van der Waals surface area contributed by atoms with E-state index in [9.17, 15) is 9.59 Å². The number of carbonyl (C=O) groups is 2. The van der Waals surface area contributed by atoms with Gasteiger partial charge in [0.1, 0.15) is 11.6 Å². The summed E-state index contributed by atoms with van der Waals surface area (Å²) in [6.45, 7) is 5.36. The van der Waals surface area contributed by atoms with Gasteiger partial charge >= 0.3 is 28.3 Å². The van der Waals surface area contributed by atoms with Crippen LogP contribution in [0.25, 0.3) is 0 Å². The summed E-state index contributed by atoms with van der Waals surface area (Å²) in [5.74, 6) is -0.806. The molecule has 0 fully saturated rings. The monoisotopic (exact) mass is 722 g/mol. The maximum absolute atomic E-state index is 12.4. The van der Waals surface area contributed by atoms with E-state index in [0.717, 1.165) is 5.56 Å². The summed E-state index contributed by atoms with van der Waals surface area (Å²) < 4.78 is 5.61. The Hall–Kier alpha value is -0.0297. The predicted molar refractivity (Wildman–Crippen MR) is 101 cm³/mol. The molecule has 0 aliphatic heterocycles. The molecule has 0 aliphatic rings. The first kappa shape index (κ1) is 31.7. The standard InChI is InChI=1S/C17H24N2O3S2.Au.2BrH/c1-17(2,3)22-15(21)13(10-12-8-6-5-7-9-12)18-14(20)11-19(4)16(23)24;;;/h5-9,13H,10-11H2,1-4H3,(H,18,20)(H,23,24);;2*1H/q;+3;;/p-3. The van der Waals surface area contributed by atoms with Crippen LogP contribution in [0.4, 0.5) is 0 Å². The van der Waals surface area contributed by atoms with E-state index < -0.39 is 17.6 Å². The second-order valence-electron chi connectivity index (χ2n) is 6.47. The number of thiocarbonyl (C=S) groups is 1. The Kier molecular flexibility index (Phi) is 17.5. The topological polar surface area (TPSA) is 58.6 Å². The van der Waals surface area contributed by atoms with E-state index in [-0.39, 0.29) is 73.1 Å². The molecule has 1 N–H and O–H groups in total. The molecule has 0 heterocycles. The van der Waals surface area contributed by atoms with Gasteiger partial charge in [0.25, 0.3) is 0 Å². The van der Waals surface area contributed by atoms with Crippen molar-refractivity contribution in [1.29, 1.82) is 0 Å². The summed E-state index contributed by atoms with van der Waals surface area (Å²) in [5, 5.41) is 2.71. The van der Waals surface area contributed by atoms with Crippen LogP contribution < -0.4 is 39.3 Å². The quantitative estimate of drug-likeness (QED) is 0.139. The fourth-order valence-corrected chi connectivity index (χ4v) is 2.07. The largest absolute Gasteiger partial charge is 3.00 e. The second kappa shape index (κ2) is 14.9. The first-order valence-electron chi connectivity index (χ1n) is 7.57. The Morgan fingerprint density at radius 1 is 1.22 bits per heavy atom. The molecule has 0 saturated heterocycles. The molecule has 156 valence electrons. The number of nitrogens with one attached hydrogen (secondary N) is 1. The van der Waals surface area contributed by atoms with Gasteiger partial charge in [0.2, 0.25) is 5.91 Å². The number of amides is 1. The molecule has 1 atom stereocenters. The summed E-state index contributed by atoms with van der Waals surface area (Å²) in [4.78, 5) is 26.1. The molecule has 27 heavy (non-hydrogen) atoms. The van der Waals surface area contributed by atoms with Gasteiger partial charge in [0, 0.05) is 13.5 Å². The fraction of sp³-hybridized carbons (Fsp3) is 0.471. The van der Waals surface area contributed by atoms with Crippen molar-refractivity contribution in [3.05, 3.63) is 35.9 Å². The minimum Gasteiger partial charge on any atom is -1.00 e. The number of carbonyl (C=O) groups excluding carboxylic acids is 2. The van der Waals surface area contributed by atoms with Crippen LogP contribution in [0.3, 0.4) is 0 Å². The van der Waals surface area contributed by atoms with E-state index in [1.165, 1.54) is 4.90 Å². The molecule has 0 aromatic heterocycles. The van der Waals surface area contributed by atoms with Gasteiger partial charge in [-0.15, -0.1) is 0 Å². The third-order valence-corrected chi connectivity index (χ3v) is 3.62. The van der Waals surface area contributed by atoms with Crippen LogP contribution in [0.1, 0.15) is 26.3 Å². The Balaban J connectivity index is -0.00000192. The third-order valence-electron chi connectivity index (χ3n) is 3.00. The van der Waals surface area contributed by atoms with Gasteiger partial charge in [-0.3, -0.25) is 4.79 Å². The van der Waals surface area contributed by atoms with Crippen LogP contribution in [-0.2, 0) is 55.8 Å². The number of benzene rings is 1. The summed E-state index contributed by atoms with van der Waals surface area (Å²) >= 11 is 9.70. The van der Waals surface area contributed by atoms with Crippen molar-refractivity contribution in [2.24, 2.45) is 0 Å². The average molecular weight is 724 g/mol. The summed E-state index contributed by atoms with van der Waals surface area (Å²) in [6.07, 6.45) is 0.351. The first-order chi connectivity index (χ1) is 11.1. The van der Waals surface area contributed by atoms with Crippen molar-refractivity contribution in [1.82, 2.24) is 10.2 Å². The number of hydrogen-bond acceptors (Lipinski definition) is 5. The minimum absolute atomic E-state index is 0. The van der Waals surface area contributed by atoms with Gasteiger partial charge in [-0.05, 0) is 26.3 Å². The van der Waals surface area contributed by atoms with E-state index in [2.05, 4.69) is 5.32 Å². The molecule has 0 radical (unpaired) electrons. The van der Waals surface area contributed by atoms with Crippen molar-refractivity contribution in [3.8, 4) is 0 Å². The van der Waals surface area contributed by atoms with Crippen LogP contribution in [0, 0.1) is 0 Å². The molecule has 5 nitrogen and oxygen atoms in total. The SMILES string of the molecule is CN(CC(=O)NC(Cc1ccccc1)C(=O)OC(C)(C)C)C(=S)[S-].[Au+3].[Br-].[Br-]. The van der Waals surface area contributed by atoms with Gasteiger partial charge in [0.05, 0.1) is 6.54 Å². The molecular formula is C17H23AuBr2N2O3S2. The van der Waals surface area contributed by atoms with Crippen molar-refractivity contribution in [2.75, 3.05) is 13.6 Å². The number of ether oxygens (including phenoxy) is 1. The minimum atomic E-state index is -0.772. The van der Waals surface area contributed by atoms with Crippen molar-refractivity contribution >= 4 is 41.0 Å². The second-order valence-corrected chi connectivity index (χ2v) is 7.50. The average Bonchev–Trinajstić information content (AvgIpc) is 2.45. The Morgan fingerprint density at radius 2 is 1.74 bits per heavy atom. The van der Waals surface area contributed by atoms with Crippen molar-refractivity contribution < 1.29 is 70.7 Å². The van der Waals surface area contributed by atoms with Crippen molar-refractivity contribution in [2.45, 2.75) is 38.8 Å². The van der Waals surface area contributed by atoms with Crippen LogP contribution in [0.2, 0.25) is 0 Å². The first-order valence-corrected chi connectivity index (χ1v) is 8.38. The molecule has 1 unspecified atom stereocenters. The van der Waals surface area contributed by atoms with Gasteiger partial charge in [-0.25, -0.2) is 4.79 Å². The van der Waals surface area contributed by atoms with Crippen LogP contribution >= 0.6 is 12.2 Å². The summed E-state index contributed by atoms with van der Waals surface area (Å²) in [6, 6.07) is 8.68. The number of likely N-dealkylation sites (N-methyl/N-ethyl adjacent to an activating group) is 1. The molecule has 0 saturated carbocycles. The number of esters is 1. The van der Waals surface area contributed by atoms with Gasteiger partial charge in [0.15, 0.2) is 0 Å². The molecule has 1 amide bonds. The van der Waals surface area contributed by atoms with E-state index >= 15 is 0 Å². The number of nitrogens with zero attached hydrogens (tertiary/aromatic N) is 1. The molecule has 0 spiro atoms. The molecule has 10 heteroatoms. The molecule has 1 aromatic carbocycles. The fourth-order valence-electron chi connectivity index (χ4n) is 1.94. The maximum atomic E-state index is 12.4. The van der Waals surface area contributed by atoms with Crippen LogP contribution in [0.15, 0.2) is 30.3 Å². The third kappa shape index (κ3) is 13.7. The Bertz CT molecular complexity index is 602. The normalized spacial score (nSPS) is 10.8.